The molecule has 0 bridgehead atoms. The number of fused-ring (bicyclic) bond motifs is 8. The van der Waals surface area contributed by atoms with Gasteiger partial charge in [-0.3, -0.25) is 0 Å². The second-order valence-electron chi connectivity index (χ2n) is 16.9. The molecule has 2 aliphatic rings. The van der Waals surface area contributed by atoms with Gasteiger partial charge in [-0.05, 0) is 104 Å². The summed E-state index contributed by atoms with van der Waals surface area (Å²) in [4.78, 5) is 0. The Balaban J connectivity index is 1.08. The minimum atomic E-state index is 0.216. The summed E-state index contributed by atoms with van der Waals surface area (Å²) in [5.74, 6) is 0.457. The van der Waals surface area contributed by atoms with Gasteiger partial charge in [0.05, 0.1) is 0 Å². The lowest BCUT2D eigenvalue weighted by Gasteiger charge is -2.33. The molecule has 294 valence electrons. The van der Waals surface area contributed by atoms with E-state index in [9.17, 15) is 0 Å². The predicted octanol–water partition coefficient (Wildman–Crippen LogP) is 15.3. The van der Waals surface area contributed by atoms with Crippen molar-refractivity contribution in [3.05, 3.63) is 252 Å². The van der Waals surface area contributed by atoms with Crippen molar-refractivity contribution in [2.75, 3.05) is 0 Å². The van der Waals surface area contributed by atoms with Crippen LogP contribution in [0.1, 0.15) is 11.1 Å². The maximum atomic E-state index is 2.44. The number of hydrogen-bond acceptors (Lipinski definition) is 1. The molecule has 13 rings (SSSR count). The Morgan fingerprint density at radius 1 is 0.302 bits per heavy atom. The molecule has 1 heterocycles. The van der Waals surface area contributed by atoms with Crippen LogP contribution in [0.2, 0.25) is 0 Å². The maximum absolute atomic E-state index is 2.44. The van der Waals surface area contributed by atoms with Gasteiger partial charge in [0, 0.05) is 32.0 Å². The molecule has 0 nitrogen and oxygen atoms in total. The Morgan fingerprint density at radius 3 is 1.41 bits per heavy atom. The summed E-state index contributed by atoms with van der Waals surface area (Å²) in [6, 6.07) is 76.7. The van der Waals surface area contributed by atoms with E-state index in [1.807, 2.05) is 11.3 Å². The van der Waals surface area contributed by atoms with Crippen LogP contribution in [0.25, 0.3) is 97.0 Å². The SMILES string of the molecule is C1=CC2C(c3ccccc3)=c3ccccc3=C(c3cccc4c3sc3cccc(-c5c6ccccc6c(-c6ccc(-c7ccccc7)c7ccccc67)c6ccccc56)c34)C2C=C1. The highest BCUT2D eigenvalue weighted by molar-refractivity contribution is 7.26. The van der Waals surface area contributed by atoms with Crippen LogP contribution in [0.15, 0.2) is 231 Å². The molecule has 0 spiro atoms. The Labute approximate surface area is 370 Å². The zero-order chi connectivity index (χ0) is 41.4. The first-order valence-electron chi connectivity index (χ1n) is 22.0. The first-order chi connectivity index (χ1) is 31.3. The van der Waals surface area contributed by atoms with Crippen LogP contribution in [0, 0.1) is 11.8 Å². The normalized spacial score (nSPS) is 15.7. The highest BCUT2D eigenvalue weighted by Gasteiger charge is 2.33. The van der Waals surface area contributed by atoms with Crippen LogP contribution >= 0.6 is 11.3 Å². The fraction of sp³-hybridized carbons (Fsp3) is 0.0323. The van der Waals surface area contributed by atoms with Gasteiger partial charge in [0.25, 0.3) is 0 Å². The molecule has 2 atom stereocenters. The van der Waals surface area contributed by atoms with E-state index in [4.69, 9.17) is 0 Å². The van der Waals surface area contributed by atoms with Crippen molar-refractivity contribution in [1.29, 1.82) is 0 Å². The number of allylic oxidation sites excluding steroid dienone is 4. The van der Waals surface area contributed by atoms with Crippen molar-refractivity contribution in [2.45, 2.75) is 0 Å². The predicted molar refractivity (Wildman–Crippen MR) is 271 cm³/mol. The van der Waals surface area contributed by atoms with Crippen LogP contribution in [-0.4, -0.2) is 0 Å². The van der Waals surface area contributed by atoms with Crippen LogP contribution in [0.4, 0.5) is 0 Å². The third-order valence-corrected chi connectivity index (χ3v) is 14.9. The van der Waals surface area contributed by atoms with Crippen LogP contribution in [0.5, 0.6) is 0 Å². The summed E-state index contributed by atoms with van der Waals surface area (Å²) in [6.07, 6.45) is 9.35. The van der Waals surface area contributed by atoms with Gasteiger partial charge in [-0.1, -0.05) is 224 Å². The Bertz CT molecular complexity index is 3790. The summed E-state index contributed by atoms with van der Waals surface area (Å²) >= 11 is 1.94. The van der Waals surface area contributed by atoms with Gasteiger partial charge in [-0.15, -0.1) is 11.3 Å². The lowest BCUT2D eigenvalue weighted by atomic mass is 9.70. The van der Waals surface area contributed by atoms with Gasteiger partial charge in [-0.2, -0.15) is 0 Å². The maximum Gasteiger partial charge on any atom is 0.0431 e. The van der Waals surface area contributed by atoms with E-state index >= 15 is 0 Å². The zero-order valence-corrected chi connectivity index (χ0v) is 35.3. The monoisotopic (exact) mass is 816 g/mol. The second kappa shape index (κ2) is 14.5. The molecular formula is C62H40S. The van der Waals surface area contributed by atoms with Crippen LogP contribution < -0.4 is 10.4 Å². The lowest BCUT2D eigenvalue weighted by Crippen LogP contribution is -2.40. The topological polar surface area (TPSA) is 0 Å². The highest BCUT2D eigenvalue weighted by Crippen LogP contribution is 2.51. The average molecular weight is 817 g/mol. The van der Waals surface area contributed by atoms with Crippen molar-refractivity contribution in [3.8, 4) is 33.4 Å². The molecule has 0 saturated carbocycles. The molecule has 0 aliphatic heterocycles. The molecule has 0 radical (unpaired) electrons. The molecule has 0 N–H and O–H groups in total. The first-order valence-corrected chi connectivity index (χ1v) is 22.8. The molecule has 1 heteroatoms. The minimum absolute atomic E-state index is 0.216. The quantitative estimate of drug-likeness (QED) is 0.152. The van der Waals surface area contributed by atoms with E-state index in [2.05, 4.69) is 231 Å². The number of benzene rings is 10. The fourth-order valence-corrected chi connectivity index (χ4v) is 12.4. The smallest absolute Gasteiger partial charge is 0.0431 e. The van der Waals surface area contributed by atoms with Crippen LogP contribution in [-0.2, 0) is 0 Å². The lowest BCUT2D eigenvalue weighted by molar-refractivity contribution is 0.687. The van der Waals surface area contributed by atoms with E-state index in [1.54, 1.807) is 0 Å². The Kier molecular flexibility index (Phi) is 8.32. The summed E-state index contributed by atoms with van der Waals surface area (Å²) < 4.78 is 2.66. The molecule has 63 heavy (non-hydrogen) atoms. The molecule has 1 aromatic heterocycles. The van der Waals surface area contributed by atoms with Crippen LogP contribution in [0.3, 0.4) is 0 Å². The van der Waals surface area contributed by atoms with E-state index in [0.717, 1.165) is 0 Å². The van der Waals surface area contributed by atoms with E-state index < -0.39 is 0 Å². The molecule has 2 aliphatic carbocycles. The molecule has 11 aromatic rings. The number of thiophene rings is 1. The van der Waals surface area contributed by atoms with Crippen molar-refractivity contribution in [2.24, 2.45) is 11.8 Å². The minimum Gasteiger partial charge on any atom is -0.135 e. The molecule has 2 unspecified atom stereocenters. The number of rotatable bonds is 5. The third-order valence-electron chi connectivity index (χ3n) is 13.7. The Morgan fingerprint density at radius 2 is 0.762 bits per heavy atom. The van der Waals surface area contributed by atoms with Gasteiger partial charge in [0.1, 0.15) is 0 Å². The van der Waals surface area contributed by atoms with Gasteiger partial charge in [-0.25, -0.2) is 0 Å². The molecular weight excluding hydrogens is 777 g/mol. The van der Waals surface area contributed by atoms with Gasteiger partial charge >= 0.3 is 0 Å². The van der Waals surface area contributed by atoms with Gasteiger partial charge < -0.3 is 0 Å². The average Bonchev–Trinajstić information content (AvgIpc) is 3.75. The fourth-order valence-electron chi connectivity index (χ4n) is 11.1. The third kappa shape index (κ3) is 5.53. The Hall–Kier alpha value is -7.58. The summed E-state index contributed by atoms with van der Waals surface area (Å²) in [6.45, 7) is 0. The zero-order valence-electron chi connectivity index (χ0n) is 34.5. The second-order valence-corrected chi connectivity index (χ2v) is 18.0. The molecule has 0 saturated heterocycles. The molecule has 0 amide bonds. The number of hydrogen-bond donors (Lipinski definition) is 0. The van der Waals surface area contributed by atoms with E-state index in [1.165, 1.54) is 119 Å². The van der Waals surface area contributed by atoms with Crippen molar-refractivity contribution >= 4 is 75.0 Å². The molecule has 0 fully saturated rings. The van der Waals surface area contributed by atoms with Crippen molar-refractivity contribution in [1.82, 2.24) is 0 Å². The first kappa shape index (κ1) is 36.1. The van der Waals surface area contributed by atoms with Crippen molar-refractivity contribution in [3.63, 3.8) is 0 Å². The largest absolute Gasteiger partial charge is 0.135 e. The van der Waals surface area contributed by atoms with Gasteiger partial charge in [0.2, 0.25) is 0 Å². The highest BCUT2D eigenvalue weighted by atomic mass is 32.1. The van der Waals surface area contributed by atoms with E-state index in [0.29, 0.717) is 0 Å². The standard InChI is InChI=1S/C62H40S/c1-3-19-39(20-4-1)41-37-38-52(43-24-8-7-23-42(41)43)58-48-29-13-15-31-50(48)59(51-32-16-14-30-49(51)58)53-33-18-36-56-61(53)55-35-17-34-54(62(55)63-56)60-46-27-11-9-25-44(46)57(40-21-5-2-6-22-40)45-26-10-12-28-47(45)60/h1-38,44,46H. The van der Waals surface area contributed by atoms with Gasteiger partial charge in [0.15, 0.2) is 0 Å². The van der Waals surface area contributed by atoms with Crippen molar-refractivity contribution < 1.29 is 0 Å². The summed E-state index contributed by atoms with van der Waals surface area (Å²) in [5, 5.41) is 12.9. The summed E-state index contributed by atoms with van der Waals surface area (Å²) in [7, 11) is 0. The summed E-state index contributed by atoms with van der Waals surface area (Å²) in [5.41, 5.74) is 13.1. The van der Waals surface area contributed by atoms with E-state index in [-0.39, 0.29) is 11.8 Å². The molecule has 10 aromatic carbocycles.